The first-order valence-corrected chi connectivity index (χ1v) is 7.91. The highest BCUT2D eigenvalue weighted by Crippen LogP contribution is 2.35. The number of amides is 1. The van der Waals surface area contributed by atoms with E-state index < -0.39 is 0 Å². The minimum absolute atomic E-state index is 0.104. The summed E-state index contributed by atoms with van der Waals surface area (Å²) in [6.07, 6.45) is 4.99. The van der Waals surface area contributed by atoms with Crippen molar-refractivity contribution in [3.8, 4) is 11.3 Å². The Labute approximate surface area is 135 Å². The zero-order chi connectivity index (χ0) is 16.1. The maximum absolute atomic E-state index is 11.8. The lowest BCUT2D eigenvalue weighted by atomic mass is 10.1. The lowest BCUT2D eigenvalue weighted by molar-refractivity contribution is -0.116. The van der Waals surface area contributed by atoms with Gasteiger partial charge in [0.1, 0.15) is 5.65 Å². The molecule has 4 rings (SSSR count). The Hall–Kier alpha value is -2.62. The van der Waals surface area contributed by atoms with Crippen molar-refractivity contribution in [3.05, 3.63) is 53.9 Å². The summed E-state index contributed by atoms with van der Waals surface area (Å²) in [6.45, 7) is 5.79. The standard InChI is InChI=1S/C19H19N3O/c1-12-6-7-21-11-17(20-19(21)8-12)15-4-5-18-16(10-15)9-13(2)22(18)14(3)23/h4-8,10-11,13H,9H2,1-3H3/t13-/m1/s1. The van der Waals surface area contributed by atoms with Crippen molar-refractivity contribution < 1.29 is 4.79 Å². The first-order chi connectivity index (χ1) is 11.0. The molecule has 0 saturated heterocycles. The number of carbonyl (C=O) groups is 1. The SMILES string of the molecule is CC(=O)N1c2ccc(-c3cn4ccc(C)cc4n3)cc2C[C@H]1C. The van der Waals surface area contributed by atoms with Crippen molar-refractivity contribution in [1.29, 1.82) is 0 Å². The molecule has 2 aromatic heterocycles. The van der Waals surface area contributed by atoms with Gasteiger partial charge in [0, 0.05) is 36.6 Å². The van der Waals surface area contributed by atoms with Crippen LogP contribution in [0.4, 0.5) is 5.69 Å². The Morgan fingerprint density at radius 3 is 2.87 bits per heavy atom. The molecule has 0 saturated carbocycles. The van der Waals surface area contributed by atoms with Crippen molar-refractivity contribution in [2.75, 3.05) is 4.90 Å². The van der Waals surface area contributed by atoms with Crippen LogP contribution in [0.1, 0.15) is 25.0 Å². The predicted molar refractivity (Wildman–Crippen MR) is 91.7 cm³/mol. The van der Waals surface area contributed by atoms with Gasteiger partial charge in [0.15, 0.2) is 0 Å². The predicted octanol–water partition coefficient (Wildman–Crippen LogP) is 3.61. The number of anilines is 1. The highest BCUT2D eigenvalue weighted by molar-refractivity contribution is 5.95. The molecule has 0 radical (unpaired) electrons. The van der Waals surface area contributed by atoms with Crippen LogP contribution in [-0.4, -0.2) is 21.3 Å². The Balaban J connectivity index is 1.78. The van der Waals surface area contributed by atoms with E-state index >= 15 is 0 Å². The first kappa shape index (κ1) is 14.0. The molecular weight excluding hydrogens is 286 g/mol. The molecule has 1 amide bonds. The van der Waals surface area contributed by atoms with E-state index in [1.807, 2.05) is 21.6 Å². The summed E-state index contributed by atoms with van der Waals surface area (Å²) in [7, 11) is 0. The third-order valence-electron chi connectivity index (χ3n) is 4.55. The van der Waals surface area contributed by atoms with Crippen LogP contribution in [0.15, 0.2) is 42.7 Å². The number of carbonyl (C=O) groups excluding carboxylic acids is 1. The molecule has 23 heavy (non-hydrogen) atoms. The van der Waals surface area contributed by atoms with Gasteiger partial charge in [-0.1, -0.05) is 6.07 Å². The minimum Gasteiger partial charge on any atom is -0.309 e. The van der Waals surface area contributed by atoms with Gasteiger partial charge in [0.05, 0.1) is 5.69 Å². The van der Waals surface area contributed by atoms with E-state index in [-0.39, 0.29) is 11.9 Å². The van der Waals surface area contributed by atoms with Crippen LogP contribution >= 0.6 is 0 Å². The van der Waals surface area contributed by atoms with Gasteiger partial charge in [0.25, 0.3) is 0 Å². The summed E-state index contributed by atoms with van der Waals surface area (Å²) in [6, 6.07) is 10.7. The third-order valence-corrected chi connectivity index (χ3v) is 4.55. The average Bonchev–Trinajstić information content (AvgIpc) is 3.05. The fourth-order valence-electron chi connectivity index (χ4n) is 3.49. The molecular formula is C19H19N3O. The molecule has 0 bridgehead atoms. The normalized spacial score (nSPS) is 16.8. The van der Waals surface area contributed by atoms with Crippen LogP contribution < -0.4 is 4.90 Å². The van der Waals surface area contributed by atoms with Gasteiger partial charge in [-0.15, -0.1) is 0 Å². The topological polar surface area (TPSA) is 37.6 Å². The maximum Gasteiger partial charge on any atom is 0.224 e. The molecule has 0 aliphatic carbocycles. The fourth-order valence-corrected chi connectivity index (χ4v) is 3.49. The Morgan fingerprint density at radius 2 is 2.09 bits per heavy atom. The van der Waals surface area contributed by atoms with Gasteiger partial charge in [-0.2, -0.15) is 0 Å². The molecule has 1 aliphatic heterocycles. The summed E-state index contributed by atoms with van der Waals surface area (Å²) in [5.74, 6) is 0.104. The lowest BCUT2D eigenvalue weighted by Crippen LogP contribution is -2.33. The second-order valence-corrected chi connectivity index (χ2v) is 6.38. The third kappa shape index (κ3) is 2.22. The van der Waals surface area contributed by atoms with Crippen molar-refractivity contribution in [2.24, 2.45) is 0 Å². The molecule has 0 unspecified atom stereocenters. The smallest absolute Gasteiger partial charge is 0.224 e. The largest absolute Gasteiger partial charge is 0.309 e. The number of benzene rings is 1. The number of aryl methyl sites for hydroxylation is 1. The van der Waals surface area contributed by atoms with Crippen LogP contribution in [0.5, 0.6) is 0 Å². The van der Waals surface area contributed by atoms with Crippen molar-refractivity contribution >= 4 is 17.2 Å². The number of hydrogen-bond acceptors (Lipinski definition) is 2. The van der Waals surface area contributed by atoms with Crippen LogP contribution in [0.25, 0.3) is 16.9 Å². The summed E-state index contributed by atoms with van der Waals surface area (Å²) in [4.78, 5) is 18.4. The van der Waals surface area contributed by atoms with Gasteiger partial charge in [-0.25, -0.2) is 4.98 Å². The second-order valence-electron chi connectivity index (χ2n) is 6.38. The number of fused-ring (bicyclic) bond motifs is 2. The Morgan fingerprint density at radius 1 is 1.26 bits per heavy atom. The van der Waals surface area contributed by atoms with Gasteiger partial charge >= 0.3 is 0 Å². The summed E-state index contributed by atoms with van der Waals surface area (Å²) in [5.41, 5.74) is 6.48. The van der Waals surface area contributed by atoms with E-state index in [1.54, 1.807) is 6.92 Å². The van der Waals surface area contributed by atoms with Crippen LogP contribution in [0.3, 0.4) is 0 Å². The van der Waals surface area contributed by atoms with E-state index in [2.05, 4.69) is 44.3 Å². The number of aromatic nitrogens is 2. The Kier molecular flexibility index (Phi) is 3.01. The first-order valence-electron chi connectivity index (χ1n) is 7.91. The molecule has 0 spiro atoms. The van der Waals surface area contributed by atoms with Crippen molar-refractivity contribution in [1.82, 2.24) is 9.38 Å². The molecule has 4 nitrogen and oxygen atoms in total. The molecule has 4 heteroatoms. The van der Waals surface area contributed by atoms with E-state index in [0.29, 0.717) is 0 Å². The molecule has 1 aliphatic rings. The zero-order valence-corrected chi connectivity index (χ0v) is 13.6. The number of imidazole rings is 1. The number of rotatable bonds is 1. The van der Waals surface area contributed by atoms with Crippen molar-refractivity contribution in [2.45, 2.75) is 33.2 Å². The summed E-state index contributed by atoms with van der Waals surface area (Å²) >= 11 is 0. The number of pyridine rings is 1. The summed E-state index contributed by atoms with van der Waals surface area (Å²) in [5, 5.41) is 0. The molecule has 3 aromatic rings. The monoisotopic (exact) mass is 305 g/mol. The van der Waals surface area contributed by atoms with Gasteiger partial charge in [-0.3, -0.25) is 4.79 Å². The van der Waals surface area contributed by atoms with Crippen LogP contribution in [0.2, 0.25) is 0 Å². The maximum atomic E-state index is 11.8. The van der Waals surface area contributed by atoms with E-state index in [9.17, 15) is 4.79 Å². The summed E-state index contributed by atoms with van der Waals surface area (Å²) < 4.78 is 2.04. The van der Waals surface area contributed by atoms with Crippen LogP contribution in [0, 0.1) is 6.92 Å². The highest BCUT2D eigenvalue weighted by atomic mass is 16.2. The number of hydrogen-bond donors (Lipinski definition) is 0. The van der Waals surface area contributed by atoms with Gasteiger partial charge in [-0.05, 0) is 55.7 Å². The van der Waals surface area contributed by atoms with Crippen molar-refractivity contribution in [3.63, 3.8) is 0 Å². The molecule has 1 aromatic carbocycles. The Bertz CT molecular complexity index is 926. The van der Waals surface area contributed by atoms with Gasteiger partial charge in [0.2, 0.25) is 5.91 Å². The zero-order valence-electron chi connectivity index (χ0n) is 13.6. The molecule has 0 N–H and O–H groups in total. The molecule has 3 heterocycles. The van der Waals surface area contributed by atoms with Gasteiger partial charge < -0.3 is 9.30 Å². The minimum atomic E-state index is 0.104. The van der Waals surface area contributed by atoms with E-state index in [0.717, 1.165) is 29.0 Å². The number of nitrogens with zero attached hydrogens (tertiary/aromatic N) is 3. The second kappa shape index (κ2) is 4.95. The van der Waals surface area contributed by atoms with E-state index in [4.69, 9.17) is 4.98 Å². The fraction of sp³-hybridized carbons (Fsp3) is 0.263. The van der Waals surface area contributed by atoms with E-state index in [1.165, 1.54) is 11.1 Å². The quantitative estimate of drug-likeness (QED) is 0.689. The molecule has 1 atom stereocenters. The molecule has 116 valence electrons. The average molecular weight is 305 g/mol. The lowest BCUT2D eigenvalue weighted by Gasteiger charge is -2.20. The molecule has 0 fully saturated rings. The highest BCUT2D eigenvalue weighted by Gasteiger charge is 2.29. The van der Waals surface area contributed by atoms with Crippen LogP contribution in [-0.2, 0) is 11.2 Å².